The molecule has 2 aromatic rings. The van der Waals surface area contributed by atoms with E-state index in [4.69, 9.17) is 0 Å². The predicted molar refractivity (Wildman–Crippen MR) is 77.9 cm³/mol. The number of rotatable bonds is 7. The maximum absolute atomic E-state index is 11.4. The molecule has 0 bridgehead atoms. The highest BCUT2D eigenvalue weighted by atomic mass is 16.1. The fourth-order valence-electron chi connectivity index (χ4n) is 1.99. The van der Waals surface area contributed by atoms with Crippen LogP contribution in [0.5, 0.6) is 0 Å². The molecule has 1 aromatic heterocycles. The van der Waals surface area contributed by atoms with Crippen LogP contribution in [0.2, 0.25) is 0 Å². The molecule has 1 amide bonds. The van der Waals surface area contributed by atoms with Gasteiger partial charge >= 0.3 is 0 Å². The van der Waals surface area contributed by atoms with Crippen molar-refractivity contribution in [2.24, 2.45) is 0 Å². The molecule has 4 nitrogen and oxygen atoms in total. The van der Waals surface area contributed by atoms with E-state index in [9.17, 15) is 4.79 Å². The largest absolute Gasteiger partial charge is 0.361 e. The van der Waals surface area contributed by atoms with Gasteiger partial charge in [-0.2, -0.15) is 0 Å². The molecule has 19 heavy (non-hydrogen) atoms. The Morgan fingerprint density at radius 3 is 3.00 bits per heavy atom. The molecule has 0 aliphatic rings. The van der Waals surface area contributed by atoms with Gasteiger partial charge in [0.2, 0.25) is 5.91 Å². The Kier molecular flexibility index (Phi) is 4.98. The van der Waals surface area contributed by atoms with E-state index in [1.807, 2.05) is 6.20 Å². The number of nitrogens with one attached hydrogen (secondary N) is 3. The molecule has 0 saturated carbocycles. The average Bonchev–Trinajstić information content (AvgIpc) is 2.88. The zero-order valence-electron chi connectivity index (χ0n) is 11.3. The summed E-state index contributed by atoms with van der Waals surface area (Å²) >= 11 is 0. The van der Waals surface area contributed by atoms with E-state index in [1.165, 1.54) is 10.9 Å². The fourth-order valence-corrected chi connectivity index (χ4v) is 1.99. The van der Waals surface area contributed by atoms with Crippen molar-refractivity contribution >= 4 is 16.8 Å². The summed E-state index contributed by atoms with van der Waals surface area (Å²) in [4.78, 5) is 14.6. The van der Waals surface area contributed by atoms with Crippen LogP contribution in [0.1, 0.15) is 25.3 Å². The van der Waals surface area contributed by atoms with Gasteiger partial charge in [0, 0.05) is 37.8 Å². The van der Waals surface area contributed by atoms with Gasteiger partial charge in [-0.05, 0) is 29.5 Å². The summed E-state index contributed by atoms with van der Waals surface area (Å²) in [5.74, 6) is 0.120. The Hall–Kier alpha value is -1.81. The Bertz CT molecular complexity index is 533. The van der Waals surface area contributed by atoms with Crippen LogP contribution in [-0.2, 0) is 11.3 Å². The van der Waals surface area contributed by atoms with Crippen LogP contribution in [-0.4, -0.2) is 24.0 Å². The minimum Gasteiger partial charge on any atom is -0.361 e. The first-order valence-corrected chi connectivity index (χ1v) is 6.83. The molecule has 0 spiro atoms. The normalized spacial score (nSPS) is 10.8. The van der Waals surface area contributed by atoms with Crippen molar-refractivity contribution in [3.05, 3.63) is 36.0 Å². The Labute approximate surface area is 113 Å². The topological polar surface area (TPSA) is 56.9 Å². The van der Waals surface area contributed by atoms with Crippen molar-refractivity contribution in [2.45, 2.75) is 26.3 Å². The number of aromatic nitrogens is 1. The molecule has 0 aliphatic heterocycles. The summed E-state index contributed by atoms with van der Waals surface area (Å²) in [5.41, 5.74) is 2.38. The van der Waals surface area contributed by atoms with Crippen molar-refractivity contribution in [3.8, 4) is 0 Å². The zero-order chi connectivity index (χ0) is 13.5. The number of hydrogen-bond acceptors (Lipinski definition) is 2. The second kappa shape index (κ2) is 6.95. The van der Waals surface area contributed by atoms with Crippen molar-refractivity contribution in [1.29, 1.82) is 0 Å². The first kappa shape index (κ1) is 13.6. The van der Waals surface area contributed by atoms with Gasteiger partial charge in [-0.25, -0.2) is 0 Å². The van der Waals surface area contributed by atoms with Gasteiger partial charge in [0.15, 0.2) is 0 Å². The average molecular weight is 259 g/mol. The molecule has 0 atom stereocenters. The minimum atomic E-state index is 0.120. The third kappa shape index (κ3) is 4.10. The van der Waals surface area contributed by atoms with Crippen LogP contribution < -0.4 is 10.6 Å². The molecule has 1 heterocycles. The molecule has 4 heteroatoms. The molecule has 2 rings (SSSR count). The van der Waals surface area contributed by atoms with Gasteiger partial charge in [-0.3, -0.25) is 4.79 Å². The fraction of sp³-hybridized carbons (Fsp3) is 0.400. The summed E-state index contributed by atoms with van der Waals surface area (Å²) in [6.45, 7) is 4.31. The highest BCUT2D eigenvalue weighted by Crippen LogP contribution is 2.13. The van der Waals surface area contributed by atoms with Gasteiger partial charge in [0.1, 0.15) is 0 Å². The van der Waals surface area contributed by atoms with E-state index in [2.05, 4.69) is 46.8 Å². The Balaban J connectivity index is 1.72. The van der Waals surface area contributed by atoms with E-state index >= 15 is 0 Å². The first-order chi connectivity index (χ1) is 9.29. The van der Waals surface area contributed by atoms with Crippen LogP contribution in [0.25, 0.3) is 10.9 Å². The lowest BCUT2D eigenvalue weighted by Gasteiger charge is -2.06. The summed E-state index contributed by atoms with van der Waals surface area (Å²) in [7, 11) is 0. The van der Waals surface area contributed by atoms with Crippen molar-refractivity contribution < 1.29 is 4.79 Å². The molecule has 0 saturated heterocycles. The summed E-state index contributed by atoms with van der Waals surface area (Å²) in [5, 5.41) is 7.38. The third-order valence-electron chi connectivity index (χ3n) is 3.05. The lowest BCUT2D eigenvalue weighted by molar-refractivity contribution is -0.120. The van der Waals surface area contributed by atoms with Crippen LogP contribution in [0.4, 0.5) is 0 Å². The van der Waals surface area contributed by atoms with E-state index in [0.717, 1.165) is 25.0 Å². The summed E-state index contributed by atoms with van der Waals surface area (Å²) < 4.78 is 0. The van der Waals surface area contributed by atoms with E-state index in [1.54, 1.807) is 0 Å². The van der Waals surface area contributed by atoms with Gasteiger partial charge in [0.25, 0.3) is 0 Å². The van der Waals surface area contributed by atoms with E-state index < -0.39 is 0 Å². The molecule has 0 radical (unpaired) electrons. The number of carbonyl (C=O) groups excluding carboxylic acids is 1. The summed E-state index contributed by atoms with van der Waals surface area (Å²) in [6, 6.07) is 8.42. The highest BCUT2D eigenvalue weighted by Gasteiger charge is 2.00. The minimum absolute atomic E-state index is 0.120. The van der Waals surface area contributed by atoms with E-state index in [0.29, 0.717) is 13.0 Å². The van der Waals surface area contributed by atoms with Gasteiger partial charge in [-0.15, -0.1) is 0 Å². The van der Waals surface area contributed by atoms with Crippen LogP contribution >= 0.6 is 0 Å². The second-order valence-corrected chi connectivity index (χ2v) is 4.68. The molecular weight excluding hydrogens is 238 g/mol. The van der Waals surface area contributed by atoms with Gasteiger partial charge in [0.05, 0.1) is 0 Å². The third-order valence-corrected chi connectivity index (χ3v) is 3.05. The lowest BCUT2D eigenvalue weighted by atomic mass is 10.1. The number of carbonyl (C=O) groups is 1. The quantitative estimate of drug-likeness (QED) is 0.667. The smallest absolute Gasteiger partial charge is 0.221 e. The molecular formula is C15H21N3O. The lowest BCUT2D eigenvalue weighted by Crippen LogP contribution is -2.27. The number of fused-ring (bicyclic) bond motifs is 1. The van der Waals surface area contributed by atoms with Crippen LogP contribution in [0, 0.1) is 0 Å². The first-order valence-electron chi connectivity index (χ1n) is 6.83. The number of benzene rings is 1. The number of amides is 1. The van der Waals surface area contributed by atoms with Crippen molar-refractivity contribution in [1.82, 2.24) is 15.6 Å². The van der Waals surface area contributed by atoms with Crippen molar-refractivity contribution in [2.75, 3.05) is 13.1 Å². The number of aromatic amines is 1. The number of H-pyrrole nitrogens is 1. The zero-order valence-corrected chi connectivity index (χ0v) is 11.3. The maximum atomic E-state index is 11.4. The van der Waals surface area contributed by atoms with Crippen LogP contribution in [0.15, 0.2) is 30.5 Å². The maximum Gasteiger partial charge on any atom is 0.221 e. The standard InChI is InChI=1S/C15H21N3O/c1-2-7-18-15(19)6-8-16-11-12-3-4-13-5-9-17-14(13)10-12/h3-5,9-10,16-17H,2,6-8,11H2,1H3,(H,18,19). The molecule has 0 fully saturated rings. The summed E-state index contributed by atoms with van der Waals surface area (Å²) in [6.07, 6.45) is 3.46. The molecule has 102 valence electrons. The monoisotopic (exact) mass is 259 g/mol. The van der Waals surface area contributed by atoms with Gasteiger partial charge < -0.3 is 15.6 Å². The predicted octanol–water partition coefficient (Wildman–Crippen LogP) is 2.17. The number of hydrogen-bond donors (Lipinski definition) is 3. The van der Waals surface area contributed by atoms with Gasteiger partial charge in [-0.1, -0.05) is 19.1 Å². The second-order valence-electron chi connectivity index (χ2n) is 4.68. The Morgan fingerprint density at radius 2 is 2.16 bits per heavy atom. The molecule has 1 aromatic carbocycles. The SMILES string of the molecule is CCCNC(=O)CCNCc1ccc2cc[nH]c2c1. The molecule has 0 unspecified atom stereocenters. The molecule has 3 N–H and O–H groups in total. The van der Waals surface area contributed by atoms with Crippen molar-refractivity contribution in [3.63, 3.8) is 0 Å². The Morgan fingerprint density at radius 1 is 1.26 bits per heavy atom. The van der Waals surface area contributed by atoms with E-state index in [-0.39, 0.29) is 5.91 Å². The molecule has 0 aliphatic carbocycles. The highest BCUT2D eigenvalue weighted by molar-refractivity contribution is 5.79. The van der Waals surface area contributed by atoms with Crippen LogP contribution in [0.3, 0.4) is 0 Å².